The largest absolute Gasteiger partial charge is 0.301 e. The van der Waals surface area contributed by atoms with Gasteiger partial charge in [-0.3, -0.25) is 4.90 Å². The van der Waals surface area contributed by atoms with E-state index in [9.17, 15) is 0 Å². The van der Waals surface area contributed by atoms with Crippen molar-refractivity contribution in [1.82, 2.24) is 9.80 Å². The number of alkyl halides is 1. The minimum atomic E-state index is 0.726. The van der Waals surface area contributed by atoms with Gasteiger partial charge in [-0.2, -0.15) is 0 Å². The minimum Gasteiger partial charge on any atom is -0.301 e. The number of halogens is 1. The Bertz CT molecular complexity index is 140. The molecule has 2 unspecified atom stereocenters. The number of hydrogen-bond acceptors (Lipinski definition) is 2. The van der Waals surface area contributed by atoms with Crippen LogP contribution in [0.5, 0.6) is 0 Å². The van der Waals surface area contributed by atoms with Crippen LogP contribution in [0, 0.1) is 0 Å². The van der Waals surface area contributed by atoms with E-state index in [1.165, 1.54) is 24.1 Å². The molecule has 1 aliphatic rings. The van der Waals surface area contributed by atoms with Gasteiger partial charge in [0.25, 0.3) is 0 Å². The van der Waals surface area contributed by atoms with Crippen molar-refractivity contribution >= 4 is 22.6 Å². The molecule has 0 spiro atoms. The van der Waals surface area contributed by atoms with Gasteiger partial charge in [0.2, 0.25) is 0 Å². The first kappa shape index (κ1) is 10.7. The number of likely N-dealkylation sites (N-methyl/N-ethyl adjacent to an activating group) is 1. The summed E-state index contributed by atoms with van der Waals surface area (Å²) in [6.45, 7) is 8.35. The maximum absolute atomic E-state index is 2.59. The molecule has 0 bridgehead atoms. The molecule has 1 rings (SSSR count). The number of rotatable bonds is 2. The molecule has 0 aromatic rings. The third-order valence-corrected chi connectivity index (χ3v) is 3.28. The number of nitrogens with zero attached hydrogens (tertiary/aromatic N) is 2. The molecule has 2 atom stereocenters. The van der Waals surface area contributed by atoms with Gasteiger partial charge in [0, 0.05) is 36.1 Å². The van der Waals surface area contributed by atoms with Gasteiger partial charge >= 0.3 is 0 Å². The second-order valence-corrected chi connectivity index (χ2v) is 4.90. The van der Waals surface area contributed by atoms with Crippen molar-refractivity contribution in [1.29, 1.82) is 0 Å². The fraction of sp³-hybridized carbons (Fsp3) is 1.00. The van der Waals surface area contributed by atoms with Gasteiger partial charge in [0.05, 0.1) is 0 Å². The van der Waals surface area contributed by atoms with Crippen LogP contribution < -0.4 is 0 Å². The highest BCUT2D eigenvalue weighted by Crippen LogP contribution is 2.12. The summed E-state index contributed by atoms with van der Waals surface area (Å²) in [5, 5.41) is 0. The molecule has 1 heterocycles. The monoisotopic (exact) mass is 282 g/mol. The third-order valence-electron chi connectivity index (χ3n) is 2.80. The lowest BCUT2D eigenvalue weighted by molar-refractivity contribution is 0.0656. The molecule has 1 aliphatic heterocycles. The Morgan fingerprint density at radius 3 is 2.50 bits per heavy atom. The van der Waals surface area contributed by atoms with Gasteiger partial charge in [0.15, 0.2) is 0 Å². The van der Waals surface area contributed by atoms with Crippen LogP contribution >= 0.6 is 22.6 Å². The van der Waals surface area contributed by atoms with Gasteiger partial charge in [0.1, 0.15) is 0 Å². The first-order valence-corrected chi connectivity index (χ1v) is 6.18. The van der Waals surface area contributed by atoms with E-state index in [4.69, 9.17) is 0 Å². The second-order valence-electron chi connectivity index (χ2n) is 3.82. The molecular formula is C9H19IN2. The molecule has 12 heavy (non-hydrogen) atoms. The van der Waals surface area contributed by atoms with E-state index >= 15 is 0 Å². The van der Waals surface area contributed by atoms with Crippen molar-refractivity contribution in [2.24, 2.45) is 0 Å². The Labute approximate surface area is 89.4 Å². The molecule has 3 heteroatoms. The predicted octanol–water partition coefficient (Wildman–Crippen LogP) is 1.45. The zero-order chi connectivity index (χ0) is 9.14. The van der Waals surface area contributed by atoms with Crippen molar-refractivity contribution in [3.05, 3.63) is 0 Å². The molecule has 1 saturated heterocycles. The van der Waals surface area contributed by atoms with Crippen LogP contribution in [0.15, 0.2) is 0 Å². The standard InChI is InChI=1S/C9H19IN2/c1-8-7-12(5-4-10)9(2)6-11(8)3/h8-9H,4-7H2,1-3H3. The fourth-order valence-corrected chi connectivity index (χ4v) is 2.41. The van der Waals surface area contributed by atoms with Crippen molar-refractivity contribution in [2.45, 2.75) is 25.9 Å². The topological polar surface area (TPSA) is 6.48 Å². The van der Waals surface area contributed by atoms with Crippen molar-refractivity contribution < 1.29 is 0 Å². The summed E-state index contributed by atoms with van der Waals surface area (Å²) >= 11 is 2.46. The first-order chi connectivity index (χ1) is 5.65. The Balaban J connectivity index is 2.43. The molecular weight excluding hydrogens is 263 g/mol. The van der Waals surface area contributed by atoms with E-state index in [1.54, 1.807) is 0 Å². The van der Waals surface area contributed by atoms with Crippen LogP contribution in [0.25, 0.3) is 0 Å². The van der Waals surface area contributed by atoms with E-state index in [1.807, 2.05) is 0 Å². The van der Waals surface area contributed by atoms with Crippen LogP contribution in [0.3, 0.4) is 0 Å². The summed E-state index contributed by atoms with van der Waals surface area (Å²) in [6.07, 6.45) is 0. The SMILES string of the molecule is CC1CN(CCI)C(C)CN1C. The maximum Gasteiger partial charge on any atom is 0.0195 e. The normalized spacial score (nSPS) is 34.0. The van der Waals surface area contributed by atoms with Crippen LogP contribution in [0.2, 0.25) is 0 Å². The molecule has 0 saturated carbocycles. The van der Waals surface area contributed by atoms with Crippen LogP contribution in [0.1, 0.15) is 13.8 Å². The van der Waals surface area contributed by atoms with Crippen LogP contribution in [-0.2, 0) is 0 Å². The lowest BCUT2D eigenvalue weighted by atomic mass is 10.1. The summed E-state index contributed by atoms with van der Waals surface area (Å²) in [4.78, 5) is 5.05. The Kier molecular flexibility index (Phi) is 4.26. The van der Waals surface area contributed by atoms with Crippen molar-refractivity contribution in [3.63, 3.8) is 0 Å². The van der Waals surface area contributed by atoms with E-state index in [2.05, 4.69) is 53.3 Å². The molecule has 72 valence electrons. The average Bonchev–Trinajstić information content (AvgIpc) is 2.01. The highest BCUT2D eigenvalue weighted by molar-refractivity contribution is 14.1. The van der Waals surface area contributed by atoms with Crippen molar-refractivity contribution in [3.8, 4) is 0 Å². The third kappa shape index (κ3) is 2.57. The van der Waals surface area contributed by atoms with Gasteiger partial charge in [-0.05, 0) is 20.9 Å². The lowest BCUT2D eigenvalue weighted by Crippen LogP contribution is -2.55. The van der Waals surface area contributed by atoms with E-state index in [-0.39, 0.29) is 0 Å². The van der Waals surface area contributed by atoms with Crippen LogP contribution in [-0.4, -0.2) is 53.0 Å². The minimum absolute atomic E-state index is 0.726. The Hall–Kier alpha value is 0.650. The summed E-state index contributed by atoms with van der Waals surface area (Å²) in [6, 6.07) is 1.46. The second kappa shape index (κ2) is 4.77. The molecule has 0 radical (unpaired) electrons. The molecule has 0 aromatic heterocycles. The summed E-state index contributed by atoms with van der Waals surface area (Å²) < 4.78 is 1.25. The Morgan fingerprint density at radius 2 is 1.92 bits per heavy atom. The van der Waals surface area contributed by atoms with Crippen molar-refractivity contribution in [2.75, 3.05) is 31.1 Å². The molecule has 0 N–H and O–H groups in total. The smallest absolute Gasteiger partial charge is 0.0195 e. The lowest BCUT2D eigenvalue weighted by Gasteiger charge is -2.42. The average molecular weight is 282 g/mol. The highest BCUT2D eigenvalue weighted by Gasteiger charge is 2.25. The van der Waals surface area contributed by atoms with E-state index in [0.29, 0.717) is 0 Å². The number of hydrogen-bond donors (Lipinski definition) is 0. The summed E-state index contributed by atoms with van der Waals surface area (Å²) in [5.41, 5.74) is 0. The zero-order valence-electron chi connectivity index (χ0n) is 8.26. The molecule has 1 fully saturated rings. The molecule has 0 aliphatic carbocycles. The molecule has 2 nitrogen and oxygen atoms in total. The van der Waals surface area contributed by atoms with Gasteiger partial charge in [-0.25, -0.2) is 0 Å². The summed E-state index contributed by atoms with van der Waals surface area (Å²) in [7, 11) is 2.22. The molecule has 0 amide bonds. The number of piperazine rings is 1. The Morgan fingerprint density at radius 1 is 1.25 bits per heavy atom. The maximum atomic E-state index is 2.59. The fourth-order valence-electron chi connectivity index (χ4n) is 1.79. The zero-order valence-corrected chi connectivity index (χ0v) is 10.4. The molecule has 0 aromatic carbocycles. The van der Waals surface area contributed by atoms with Crippen LogP contribution in [0.4, 0.5) is 0 Å². The van der Waals surface area contributed by atoms with Gasteiger partial charge in [-0.15, -0.1) is 0 Å². The predicted molar refractivity (Wildman–Crippen MR) is 62.0 cm³/mol. The van der Waals surface area contributed by atoms with Gasteiger partial charge < -0.3 is 4.90 Å². The van der Waals surface area contributed by atoms with E-state index in [0.717, 1.165) is 12.1 Å². The van der Waals surface area contributed by atoms with E-state index < -0.39 is 0 Å². The first-order valence-electron chi connectivity index (χ1n) is 4.65. The quantitative estimate of drug-likeness (QED) is 0.558. The summed E-state index contributed by atoms with van der Waals surface area (Å²) in [5.74, 6) is 0. The van der Waals surface area contributed by atoms with Gasteiger partial charge in [-0.1, -0.05) is 22.6 Å². The highest BCUT2D eigenvalue weighted by atomic mass is 127.